The number of benzene rings is 2. The van der Waals surface area contributed by atoms with Gasteiger partial charge in [-0.3, -0.25) is 4.79 Å². The summed E-state index contributed by atoms with van der Waals surface area (Å²) in [4.78, 5) is 12.0. The molecule has 1 atom stereocenters. The number of nitrogens with one attached hydrogen (secondary N) is 2. The molecule has 0 radical (unpaired) electrons. The van der Waals surface area contributed by atoms with Crippen LogP contribution in [0.1, 0.15) is 6.92 Å². The highest BCUT2D eigenvalue weighted by Crippen LogP contribution is 2.25. The van der Waals surface area contributed by atoms with Gasteiger partial charge in [-0.15, -0.1) is 0 Å². The molecule has 27 heavy (non-hydrogen) atoms. The Kier molecular flexibility index (Phi) is 6.99. The second kappa shape index (κ2) is 8.83. The lowest BCUT2D eigenvalue weighted by atomic mass is 10.2. The minimum Gasteiger partial charge on any atom is -0.435 e. The lowest BCUT2D eigenvalue weighted by molar-refractivity contribution is -0.117. The van der Waals surface area contributed by atoms with E-state index in [1.807, 2.05) is 0 Å². The average molecular weight is 439 g/mol. The van der Waals surface area contributed by atoms with Crippen LogP contribution in [0.4, 0.5) is 14.5 Å². The standard InChI is InChI=1S/C16H14Cl2F2N2O4S/c1-9(22-27(24,25)12-6-7-13(17)14(18)8-12)15(23)21-10-2-4-11(5-3-10)26-16(19)20/h2-9,16,22H,1H3,(H,21,23). The smallest absolute Gasteiger partial charge is 0.387 e. The number of anilines is 1. The molecule has 2 N–H and O–H groups in total. The zero-order valence-corrected chi connectivity index (χ0v) is 16.1. The molecule has 0 aromatic heterocycles. The zero-order chi connectivity index (χ0) is 20.2. The molecule has 2 rings (SSSR count). The molecule has 146 valence electrons. The molecule has 0 aliphatic heterocycles. The molecule has 1 unspecified atom stereocenters. The first kappa shape index (κ1) is 21.4. The first-order valence-corrected chi connectivity index (χ1v) is 9.65. The van der Waals surface area contributed by atoms with Crippen LogP contribution in [-0.2, 0) is 14.8 Å². The molecule has 0 saturated carbocycles. The Morgan fingerprint density at radius 2 is 1.70 bits per heavy atom. The summed E-state index contributed by atoms with van der Waals surface area (Å²) < 4.78 is 55.3. The number of alkyl halides is 2. The normalized spacial score (nSPS) is 12.7. The summed E-state index contributed by atoms with van der Waals surface area (Å²) in [5.74, 6) is -0.725. The molecule has 2 aromatic carbocycles. The first-order valence-electron chi connectivity index (χ1n) is 7.41. The average Bonchev–Trinajstić information content (AvgIpc) is 2.58. The van der Waals surface area contributed by atoms with Gasteiger partial charge in [-0.1, -0.05) is 23.2 Å². The monoisotopic (exact) mass is 438 g/mol. The lowest BCUT2D eigenvalue weighted by Gasteiger charge is -2.15. The van der Waals surface area contributed by atoms with Crippen LogP contribution in [0.3, 0.4) is 0 Å². The second-order valence-corrected chi connectivity index (χ2v) is 7.84. The van der Waals surface area contributed by atoms with Crippen LogP contribution < -0.4 is 14.8 Å². The molecule has 0 fully saturated rings. The van der Waals surface area contributed by atoms with Crippen molar-refractivity contribution in [3.8, 4) is 5.75 Å². The van der Waals surface area contributed by atoms with Gasteiger partial charge in [-0.2, -0.15) is 13.5 Å². The summed E-state index contributed by atoms with van der Waals surface area (Å²) in [5.41, 5.74) is 0.280. The van der Waals surface area contributed by atoms with Crippen LogP contribution in [0.5, 0.6) is 5.75 Å². The molecule has 1 amide bonds. The maximum atomic E-state index is 12.3. The van der Waals surface area contributed by atoms with Gasteiger partial charge in [0.15, 0.2) is 0 Å². The van der Waals surface area contributed by atoms with Crippen molar-refractivity contribution in [1.29, 1.82) is 0 Å². The fraction of sp³-hybridized carbons (Fsp3) is 0.188. The highest BCUT2D eigenvalue weighted by atomic mass is 35.5. The van der Waals surface area contributed by atoms with Crippen LogP contribution in [0.15, 0.2) is 47.4 Å². The van der Waals surface area contributed by atoms with Crippen molar-refractivity contribution in [3.63, 3.8) is 0 Å². The van der Waals surface area contributed by atoms with E-state index in [0.717, 1.165) is 0 Å². The van der Waals surface area contributed by atoms with E-state index < -0.39 is 28.6 Å². The predicted octanol–water partition coefficient (Wildman–Crippen LogP) is 3.90. The number of carbonyl (C=O) groups is 1. The number of hydrogen-bond acceptors (Lipinski definition) is 4. The largest absolute Gasteiger partial charge is 0.435 e. The zero-order valence-electron chi connectivity index (χ0n) is 13.7. The topological polar surface area (TPSA) is 84.5 Å². The van der Waals surface area contributed by atoms with Gasteiger partial charge < -0.3 is 10.1 Å². The fourth-order valence-electron chi connectivity index (χ4n) is 1.97. The van der Waals surface area contributed by atoms with Gasteiger partial charge in [0.1, 0.15) is 5.75 Å². The fourth-order valence-corrected chi connectivity index (χ4v) is 3.56. The Balaban J connectivity index is 2.03. The van der Waals surface area contributed by atoms with E-state index >= 15 is 0 Å². The number of sulfonamides is 1. The van der Waals surface area contributed by atoms with Crippen molar-refractivity contribution in [3.05, 3.63) is 52.5 Å². The van der Waals surface area contributed by atoms with Gasteiger partial charge in [0.05, 0.1) is 21.0 Å². The number of ether oxygens (including phenoxy) is 1. The predicted molar refractivity (Wildman–Crippen MR) is 97.9 cm³/mol. The van der Waals surface area contributed by atoms with Crippen molar-refractivity contribution in [1.82, 2.24) is 4.72 Å². The number of amides is 1. The molecule has 0 bridgehead atoms. The molecule has 11 heteroatoms. The van der Waals surface area contributed by atoms with Crippen LogP contribution in [-0.4, -0.2) is 27.0 Å². The minimum absolute atomic E-state index is 0.0581. The second-order valence-electron chi connectivity index (χ2n) is 5.31. The molecule has 0 aliphatic rings. The summed E-state index contributed by atoms with van der Waals surface area (Å²) in [7, 11) is -4.01. The Hall–Kier alpha value is -1.94. The van der Waals surface area contributed by atoms with E-state index in [2.05, 4.69) is 14.8 Å². The number of halogens is 4. The molecule has 6 nitrogen and oxygen atoms in total. The summed E-state index contributed by atoms with van der Waals surface area (Å²) in [5, 5.41) is 2.71. The van der Waals surface area contributed by atoms with Gasteiger partial charge in [-0.25, -0.2) is 8.42 Å². The summed E-state index contributed by atoms with van der Waals surface area (Å²) >= 11 is 11.6. The Labute approximate surface area is 164 Å². The van der Waals surface area contributed by atoms with Crippen LogP contribution >= 0.6 is 23.2 Å². The number of rotatable bonds is 7. The molecule has 0 spiro atoms. The van der Waals surface area contributed by atoms with Gasteiger partial charge in [0.2, 0.25) is 15.9 Å². The third kappa shape index (κ3) is 6.03. The van der Waals surface area contributed by atoms with E-state index in [0.29, 0.717) is 0 Å². The van der Waals surface area contributed by atoms with Gasteiger partial charge >= 0.3 is 6.61 Å². The quantitative estimate of drug-likeness (QED) is 0.686. The Morgan fingerprint density at radius 1 is 1.07 bits per heavy atom. The highest BCUT2D eigenvalue weighted by Gasteiger charge is 2.23. The van der Waals surface area contributed by atoms with E-state index in [9.17, 15) is 22.0 Å². The van der Waals surface area contributed by atoms with E-state index in [1.54, 1.807) is 0 Å². The SMILES string of the molecule is CC(NS(=O)(=O)c1ccc(Cl)c(Cl)c1)C(=O)Nc1ccc(OC(F)F)cc1. The maximum Gasteiger partial charge on any atom is 0.387 e. The van der Waals surface area contributed by atoms with Crippen LogP contribution in [0, 0.1) is 0 Å². The van der Waals surface area contributed by atoms with Gasteiger partial charge in [-0.05, 0) is 49.4 Å². The molecule has 0 aliphatic carbocycles. The molecular formula is C16H14Cl2F2N2O4S. The van der Waals surface area contributed by atoms with Gasteiger partial charge in [0.25, 0.3) is 0 Å². The van der Waals surface area contributed by atoms with Crippen molar-refractivity contribution >= 4 is 44.8 Å². The minimum atomic E-state index is -4.01. The van der Waals surface area contributed by atoms with E-state index in [4.69, 9.17) is 23.2 Å². The number of hydrogen-bond donors (Lipinski definition) is 2. The van der Waals surface area contributed by atoms with Crippen molar-refractivity contribution in [2.45, 2.75) is 24.5 Å². The molecular weight excluding hydrogens is 425 g/mol. The molecule has 2 aromatic rings. The van der Waals surface area contributed by atoms with Crippen LogP contribution in [0.2, 0.25) is 10.0 Å². The Morgan fingerprint density at radius 3 is 2.26 bits per heavy atom. The lowest BCUT2D eigenvalue weighted by Crippen LogP contribution is -2.41. The summed E-state index contributed by atoms with van der Waals surface area (Å²) in [6.07, 6.45) is 0. The van der Waals surface area contributed by atoms with Crippen LogP contribution in [0.25, 0.3) is 0 Å². The van der Waals surface area contributed by atoms with Crippen molar-refractivity contribution in [2.75, 3.05) is 5.32 Å². The summed E-state index contributed by atoms with van der Waals surface area (Å²) in [6.45, 7) is -1.61. The number of carbonyl (C=O) groups excluding carboxylic acids is 1. The third-order valence-electron chi connectivity index (χ3n) is 3.27. The third-order valence-corrected chi connectivity index (χ3v) is 5.55. The van der Waals surface area contributed by atoms with Gasteiger partial charge in [0, 0.05) is 5.69 Å². The summed E-state index contributed by atoms with van der Waals surface area (Å²) in [6, 6.07) is 7.79. The molecule has 0 heterocycles. The molecule has 0 saturated heterocycles. The Bertz CT molecular complexity index is 925. The first-order chi connectivity index (χ1) is 12.6. The van der Waals surface area contributed by atoms with E-state index in [1.165, 1.54) is 49.4 Å². The van der Waals surface area contributed by atoms with Crippen molar-refractivity contribution in [2.24, 2.45) is 0 Å². The van der Waals surface area contributed by atoms with E-state index in [-0.39, 0.29) is 26.4 Å². The highest BCUT2D eigenvalue weighted by molar-refractivity contribution is 7.89. The van der Waals surface area contributed by atoms with Crippen molar-refractivity contribution < 1.29 is 26.7 Å². The maximum absolute atomic E-state index is 12.3.